The van der Waals surface area contributed by atoms with Gasteiger partial charge in [-0.1, -0.05) is 18.2 Å². The molecule has 3 fully saturated rings. The number of nitrogens with zero attached hydrogens (tertiary/aromatic N) is 4. The molecule has 3 aliphatic rings. The third kappa shape index (κ3) is 3.47. The van der Waals surface area contributed by atoms with Gasteiger partial charge >= 0.3 is 0 Å². The van der Waals surface area contributed by atoms with Crippen molar-refractivity contribution < 1.29 is 4.79 Å². The first-order chi connectivity index (χ1) is 12.7. The minimum absolute atomic E-state index is 0.0795. The molecule has 1 aromatic carbocycles. The van der Waals surface area contributed by atoms with Crippen LogP contribution >= 0.6 is 0 Å². The zero-order chi connectivity index (χ0) is 17.9. The maximum absolute atomic E-state index is 12.9. The van der Waals surface area contributed by atoms with Crippen LogP contribution in [0, 0.1) is 17.2 Å². The SMILES string of the molecule is N#Cc1ccc(CN2C[C@@H]3CC[C@H](C2)N(Cc2ccccn2)C3=O)cc1. The van der Waals surface area contributed by atoms with Gasteiger partial charge in [0.25, 0.3) is 0 Å². The van der Waals surface area contributed by atoms with E-state index in [0.717, 1.165) is 38.2 Å². The Morgan fingerprint density at radius 2 is 1.92 bits per heavy atom. The summed E-state index contributed by atoms with van der Waals surface area (Å²) in [5.74, 6) is 0.352. The summed E-state index contributed by atoms with van der Waals surface area (Å²) in [6.07, 6.45) is 3.83. The molecule has 132 valence electrons. The lowest BCUT2D eigenvalue weighted by molar-refractivity contribution is -0.140. The van der Waals surface area contributed by atoms with E-state index in [4.69, 9.17) is 5.26 Å². The summed E-state index contributed by atoms with van der Waals surface area (Å²) >= 11 is 0. The van der Waals surface area contributed by atoms with Gasteiger partial charge in [0, 0.05) is 31.9 Å². The molecule has 5 nitrogen and oxygen atoms in total. The molecule has 0 N–H and O–H groups in total. The van der Waals surface area contributed by atoms with Crippen molar-refractivity contribution >= 4 is 5.91 Å². The van der Waals surface area contributed by atoms with E-state index in [-0.39, 0.29) is 17.9 Å². The highest BCUT2D eigenvalue weighted by Gasteiger charge is 2.40. The van der Waals surface area contributed by atoms with E-state index in [0.29, 0.717) is 12.1 Å². The molecule has 3 saturated heterocycles. The minimum atomic E-state index is 0.0795. The van der Waals surface area contributed by atoms with Crippen molar-refractivity contribution in [1.82, 2.24) is 14.8 Å². The lowest BCUT2D eigenvalue weighted by Gasteiger charge is -2.35. The molecule has 2 atom stereocenters. The minimum Gasteiger partial charge on any atom is -0.332 e. The predicted molar refractivity (Wildman–Crippen MR) is 97.7 cm³/mol. The molecule has 0 aliphatic carbocycles. The van der Waals surface area contributed by atoms with Gasteiger partial charge in [0.15, 0.2) is 0 Å². The normalized spacial score (nSPS) is 22.9. The molecule has 0 unspecified atom stereocenters. The highest BCUT2D eigenvalue weighted by molar-refractivity contribution is 5.80. The molecule has 5 rings (SSSR count). The number of hydrogen-bond acceptors (Lipinski definition) is 4. The fourth-order valence-electron chi connectivity index (χ4n) is 4.08. The van der Waals surface area contributed by atoms with Crippen LogP contribution in [0.25, 0.3) is 0 Å². The Bertz CT molecular complexity index is 812. The van der Waals surface area contributed by atoms with Gasteiger partial charge in [0.1, 0.15) is 0 Å². The van der Waals surface area contributed by atoms with Crippen molar-refractivity contribution in [3.8, 4) is 6.07 Å². The lowest BCUT2D eigenvalue weighted by Crippen LogP contribution is -2.47. The molecule has 0 saturated carbocycles. The van der Waals surface area contributed by atoms with Crippen molar-refractivity contribution in [3.63, 3.8) is 0 Å². The van der Waals surface area contributed by atoms with Gasteiger partial charge in [-0.05, 0) is 42.7 Å². The van der Waals surface area contributed by atoms with Crippen molar-refractivity contribution in [1.29, 1.82) is 5.26 Å². The van der Waals surface area contributed by atoms with E-state index < -0.39 is 0 Å². The molecule has 2 bridgehead atoms. The van der Waals surface area contributed by atoms with E-state index >= 15 is 0 Å². The Morgan fingerprint density at radius 3 is 2.65 bits per heavy atom. The lowest BCUT2D eigenvalue weighted by atomic mass is 9.94. The standard InChI is InChI=1S/C21H22N4O/c22-11-16-4-6-17(7-5-16)12-24-13-18-8-9-20(15-24)25(21(18)26)14-19-3-1-2-10-23-19/h1-7,10,18,20H,8-9,12-15H2/t18-,20+/m0/s1. The smallest absolute Gasteiger partial charge is 0.227 e. The third-order valence-corrected chi connectivity index (χ3v) is 5.42. The van der Waals surface area contributed by atoms with E-state index in [9.17, 15) is 4.79 Å². The number of piperidine rings is 1. The second-order valence-electron chi connectivity index (χ2n) is 7.22. The largest absolute Gasteiger partial charge is 0.332 e. The van der Waals surface area contributed by atoms with Gasteiger partial charge < -0.3 is 4.90 Å². The highest BCUT2D eigenvalue weighted by atomic mass is 16.2. The molecular formula is C21H22N4O. The van der Waals surface area contributed by atoms with E-state index in [1.807, 2.05) is 47.4 Å². The first kappa shape index (κ1) is 16.7. The molecule has 0 spiro atoms. The Hall–Kier alpha value is -2.71. The van der Waals surface area contributed by atoms with E-state index in [1.165, 1.54) is 5.56 Å². The summed E-state index contributed by atoms with van der Waals surface area (Å²) in [5.41, 5.74) is 2.82. The van der Waals surface area contributed by atoms with Crippen LogP contribution < -0.4 is 0 Å². The zero-order valence-corrected chi connectivity index (χ0v) is 14.7. The maximum Gasteiger partial charge on any atom is 0.227 e. The molecule has 5 heteroatoms. The van der Waals surface area contributed by atoms with E-state index in [1.54, 1.807) is 6.20 Å². The second-order valence-corrected chi connectivity index (χ2v) is 7.22. The monoisotopic (exact) mass is 346 g/mol. The number of pyridine rings is 1. The van der Waals surface area contributed by atoms with Crippen LogP contribution in [0.4, 0.5) is 0 Å². The summed E-state index contributed by atoms with van der Waals surface area (Å²) in [6.45, 7) is 3.14. The van der Waals surface area contributed by atoms with Crippen molar-refractivity contribution in [2.45, 2.75) is 32.0 Å². The predicted octanol–water partition coefficient (Wildman–Crippen LogP) is 2.58. The fraction of sp³-hybridized carbons (Fsp3) is 0.381. The molecule has 26 heavy (non-hydrogen) atoms. The van der Waals surface area contributed by atoms with Gasteiger partial charge in [0.05, 0.1) is 29.8 Å². The third-order valence-electron chi connectivity index (χ3n) is 5.42. The quantitative estimate of drug-likeness (QED) is 0.854. The summed E-state index contributed by atoms with van der Waals surface area (Å²) in [5, 5.41) is 8.94. The fourth-order valence-corrected chi connectivity index (χ4v) is 4.08. The summed E-state index contributed by atoms with van der Waals surface area (Å²) in [6, 6.07) is 16.0. The molecule has 1 amide bonds. The Labute approximate surface area is 153 Å². The molecule has 1 aromatic heterocycles. The van der Waals surface area contributed by atoms with Crippen LogP contribution in [0.15, 0.2) is 48.7 Å². The number of carbonyl (C=O) groups is 1. The number of rotatable bonds is 4. The van der Waals surface area contributed by atoms with Crippen molar-refractivity contribution in [2.75, 3.05) is 13.1 Å². The summed E-state index contributed by atoms with van der Waals surface area (Å²) in [4.78, 5) is 21.7. The Kier molecular flexibility index (Phi) is 4.68. The number of aromatic nitrogens is 1. The summed E-state index contributed by atoms with van der Waals surface area (Å²) in [7, 11) is 0. The molecule has 2 aromatic rings. The summed E-state index contributed by atoms with van der Waals surface area (Å²) < 4.78 is 0. The zero-order valence-electron chi connectivity index (χ0n) is 14.7. The van der Waals surface area contributed by atoms with Gasteiger partial charge in [-0.2, -0.15) is 5.26 Å². The molecule has 0 radical (unpaired) electrons. The van der Waals surface area contributed by atoms with Gasteiger partial charge in [0.2, 0.25) is 5.91 Å². The second kappa shape index (κ2) is 7.27. The van der Waals surface area contributed by atoms with Crippen LogP contribution in [-0.4, -0.2) is 39.8 Å². The van der Waals surface area contributed by atoms with Crippen LogP contribution in [0.2, 0.25) is 0 Å². The Morgan fingerprint density at radius 1 is 1.08 bits per heavy atom. The van der Waals surface area contributed by atoms with Crippen LogP contribution in [0.3, 0.4) is 0 Å². The van der Waals surface area contributed by atoms with Crippen LogP contribution in [-0.2, 0) is 17.9 Å². The molecule has 3 aliphatic heterocycles. The maximum atomic E-state index is 12.9. The highest BCUT2D eigenvalue weighted by Crippen LogP contribution is 2.30. The van der Waals surface area contributed by atoms with E-state index in [2.05, 4.69) is 16.0 Å². The van der Waals surface area contributed by atoms with Crippen molar-refractivity contribution in [3.05, 3.63) is 65.5 Å². The number of nitriles is 1. The average Bonchev–Trinajstić information content (AvgIpc) is 2.95. The molecular weight excluding hydrogens is 324 g/mol. The van der Waals surface area contributed by atoms with Gasteiger partial charge in [-0.15, -0.1) is 0 Å². The number of benzene rings is 1. The first-order valence-electron chi connectivity index (χ1n) is 9.15. The van der Waals surface area contributed by atoms with Gasteiger partial charge in [-0.3, -0.25) is 14.7 Å². The number of carbonyl (C=O) groups excluding carboxylic acids is 1. The average molecular weight is 346 g/mol. The van der Waals surface area contributed by atoms with Gasteiger partial charge in [-0.25, -0.2) is 0 Å². The Balaban J connectivity index is 1.48. The number of hydrogen-bond donors (Lipinski definition) is 0. The number of fused-ring (bicyclic) bond motifs is 4. The first-order valence-corrected chi connectivity index (χ1v) is 9.15. The van der Waals surface area contributed by atoms with Crippen LogP contribution in [0.5, 0.6) is 0 Å². The van der Waals surface area contributed by atoms with Crippen LogP contribution in [0.1, 0.15) is 29.7 Å². The van der Waals surface area contributed by atoms with Crippen molar-refractivity contribution in [2.24, 2.45) is 5.92 Å². The molecule has 4 heterocycles. The number of amides is 1. The topological polar surface area (TPSA) is 60.2 Å².